The first-order chi connectivity index (χ1) is 11.0. The lowest BCUT2D eigenvalue weighted by atomic mass is 9.99. The van der Waals surface area contributed by atoms with Crippen molar-refractivity contribution in [3.8, 4) is 0 Å². The predicted octanol–water partition coefficient (Wildman–Crippen LogP) is 3.01. The summed E-state index contributed by atoms with van der Waals surface area (Å²) >= 11 is 0. The molecule has 0 radical (unpaired) electrons. The van der Waals surface area contributed by atoms with Crippen LogP contribution in [0.5, 0.6) is 0 Å². The fourth-order valence-electron chi connectivity index (χ4n) is 3.45. The van der Waals surface area contributed by atoms with E-state index in [1.807, 2.05) is 54.6 Å². The second kappa shape index (κ2) is 6.07. The van der Waals surface area contributed by atoms with Crippen molar-refractivity contribution in [2.24, 2.45) is 0 Å². The SMILES string of the molecule is Cc1cc(C)n(C(C)CC(=O)N2CCCc3c(N)cccc32)n1. The van der Waals surface area contributed by atoms with Gasteiger partial charge < -0.3 is 10.6 Å². The van der Waals surface area contributed by atoms with E-state index in [-0.39, 0.29) is 11.9 Å². The Bertz CT molecular complexity index is 735. The summed E-state index contributed by atoms with van der Waals surface area (Å²) in [5.41, 5.74) is 11.0. The standard InChI is InChI=1S/C18H24N4O/c1-12-10-13(2)22(20-12)14(3)11-18(23)21-9-5-6-15-16(19)7-4-8-17(15)21/h4,7-8,10,14H,5-6,9,11,19H2,1-3H3. The van der Waals surface area contributed by atoms with Gasteiger partial charge in [-0.05, 0) is 57.4 Å². The summed E-state index contributed by atoms with van der Waals surface area (Å²) in [6.45, 7) is 6.81. The zero-order chi connectivity index (χ0) is 16.6. The molecule has 2 N–H and O–H groups in total. The first-order valence-corrected chi connectivity index (χ1v) is 8.18. The van der Waals surface area contributed by atoms with E-state index < -0.39 is 0 Å². The van der Waals surface area contributed by atoms with Gasteiger partial charge in [0.05, 0.1) is 11.7 Å². The first-order valence-electron chi connectivity index (χ1n) is 8.18. The monoisotopic (exact) mass is 312 g/mol. The second-order valence-corrected chi connectivity index (χ2v) is 6.42. The number of nitrogens with two attached hydrogens (primary N) is 1. The Hall–Kier alpha value is -2.30. The number of aromatic nitrogens is 2. The van der Waals surface area contributed by atoms with Crippen LogP contribution in [-0.4, -0.2) is 22.2 Å². The van der Waals surface area contributed by atoms with Gasteiger partial charge in [0.25, 0.3) is 0 Å². The number of carbonyl (C=O) groups is 1. The number of benzene rings is 1. The Morgan fingerprint density at radius 1 is 1.39 bits per heavy atom. The van der Waals surface area contributed by atoms with Crippen molar-refractivity contribution in [2.75, 3.05) is 17.2 Å². The van der Waals surface area contributed by atoms with Gasteiger partial charge in [-0.2, -0.15) is 5.10 Å². The Morgan fingerprint density at radius 2 is 2.17 bits per heavy atom. The normalized spacial score (nSPS) is 15.3. The molecule has 1 aliphatic rings. The summed E-state index contributed by atoms with van der Waals surface area (Å²) in [5.74, 6) is 0.136. The third kappa shape index (κ3) is 2.96. The van der Waals surface area contributed by atoms with Gasteiger partial charge in [0.2, 0.25) is 5.91 Å². The number of anilines is 2. The van der Waals surface area contributed by atoms with Crippen molar-refractivity contribution in [3.05, 3.63) is 41.2 Å². The summed E-state index contributed by atoms with van der Waals surface area (Å²) in [5, 5.41) is 4.49. The Labute approximate surface area is 137 Å². The number of aryl methyl sites for hydroxylation is 2. The van der Waals surface area contributed by atoms with Gasteiger partial charge in [-0.15, -0.1) is 0 Å². The highest BCUT2D eigenvalue weighted by molar-refractivity contribution is 5.95. The molecule has 1 amide bonds. The highest BCUT2D eigenvalue weighted by Crippen LogP contribution is 2.32. The predicted molar refractivity (Wildman–Crippen MR) is 92.6 cm³/mol. The first kappa shape index (κ1) is 15.6. The number of hydrogen-bond acceptors (Lipinski definition) is 3. The van der Waals surface area contributed by atoms with Crippen molar-refractivity contribution >= 4 is 17.3 Å². The third-order valence-corrected chi connectivity index (χ3v) is 4.52. The minimum absolute atomic E-state index is 0.0441. The topological polar surface area (TPSA) is 64.2 Å². The van der Waals surface area contributed by atoms with Gasteiger partial charge in [0.1, 0.15) is 0 Å². The highest BCUT2D eigenvalue weighted by Gasteiger charge is 2.25. The van der Waals surface area contributed by atoms with Gasteiger partial charge in [0.15, 0.2) is 0 Å². The third-order valence-electron chi connectivity index (χ3n) is 4.52. The fraction of sp³-hybridized carbons (Fsp3) is 0.444. The van der Waals surface area contributed by atoms with E-state index in [1.54, 1.807) is 0 Å². The maximum absolute atomic E-state index is 12.8. The highest BCUT2D eigenvalue weighted by atomic mass is 16.2. The van der Waals surface area contributed by atoms with Gasteiger partial charge in [-0.3, -0.25) is 9.48 Å². The lowest BCUT2D eigenvalue weighted by Crippen LogP contribution is -2.36. The Balaban J connectivity index is 1.80. The number of carbonyl (C=O) groups excluding carboxylic acids is 1. The van der Waals surface area contributed by atoms with Crippen LogP contribution in [0.3, 0.4) is 0 Å². The van der Waals surface area contributed by atoms with Gasteiger partial charge in [-0.1, -0.05) is 6.07 Å². The molecule has 0 fully saturated rings. The molecule has 0 saturated heterocycles. The summed E-state index contributed by atoms with van der Waals surface area (Å²) < 4.78 is 1.94. The van der Waals surface area contributed by atoms with Crippen LogP contribution in [0.4, 0.5) is 11.4 Å². The average Bonchev–Trinajstić information content (AvgIpc) is 2.86. The van der Waals surface area contributed by atoms with E-state index in [1.165, 1.54) is 0 Å². The summed E-state index contributed by atoms with van der Waals surface area (Å²) in [6.07, 6.45) is 2.34. The van der Waals surface area contributed by atoms with E-state index in [0.717, 1.165) is 47.7 Å². The lowest BCUT2D eigenvalue weighted by Gasteiger charge is -2.31. The quantitative estimate of drug-likeness (QED) is 0.886. The molecule has 1 aromatic heterocycles. The van der Waals surface area contributed by atoms with Gasteiger partial charge >= 0.3 is 0 Å². The molecule has 122 valence electrons. The van der Waals surface area contributed by atoms with Crippen molar-refractivity contribution in [1.82, 2.24) is 9.78 Å². The lowest BCUT2D eigenvalue weighted by molar-refractivity contribution is -0.119. The Morgan fingerprint density at radius 3 is 2.87 bits per heavy atom. The van der Waals surface area contributed by atoms with Crippen molar-refractivity contribution < 1.29 is 4.79 Å². The van der Waals surface area contributed by atoms with Crippen LogP contribution in [0.2, 0.25) is 0 Å². The molecule has 0 bridgehead atoms. The molecule has 2 heterocycles. The molecule has 1 unspecified atom stereocenters. The number of nitrogen functional groups attached to an aromatic ring is 1. The van der Waals surface area contributed by atoms with E-state index >= 15 is 0 Å². The molecule has 1 atom stereocenters. The van der Waals surface area contributed by atoms with E-state index in [2.05, 4.69) is 5.10 Å². The molecule has 5 nitrogen and oxygen atoms in total. The van der Waals surface area contributed by atoms with Crippen LogP contribution in [0, 0.1) is 13.8 Å². The maximum Gasteiger partial charge on any atom is 0.229 e. The molecule has 1 aliphatic heterocycles. The van der Waals surface area contributed by atoms with Crippen molar-refractivity contribution in [3.63, 3.8) is 0 Å². The zero-order valence-electron chi connectivity index (χ0n) is 14.0. The molecule has 0 aliphatic carbocycles. The summed E-state index contributed by atoms with van der Waals surface area (Å²) in [6, 6.07) is 7.91. The Kier molecular flexibility index (Phi) is 4.11. The number of fused-ring (bicyclic) bond motifs is 1. The van der Waals surface area contributed by atoms with Gasteiger partial charge in [0, 0.05) is 30.0 Å². The van der Waals surface area contributed by atoms with Gasteiger partial charge in [-0.25, -0.2) is 0 Å². The molecule has 2 aromatic rings. The van der Waals surface area contributed by atoms with E-state index in [9.17, 15) is 4.79 Å². The van der Waals surface area contributed by atoms with E-state index in [0.29, 0.717) is 6.42 Å². The second-order valence-electron chi connectivity index (χ2n) is 6.42. The van der Waals surface area contributed by atoms with Crippen LogP contribution in [0.25, 0.3) is 0 Å². The minimum Gasteiger partial charge on any atom is -0.398 e. The number of hydrogen-bond donors (Lipinski definition) is 1. The van der Waals surface area contributed by atoms with Crippen molar-refractivity contribution in [1.29, 1.82) is 0 Å². The van der Waals surface area contributed by atoms with Crippen LogP contribution < -0.4 is 10.6 Å². The summed E-state index contributed by atoms with van der Waals surface area (Å²) in [7, 11) is 0. The molecular weight excluding hydrogens is 288 g/mol. The van der Waals surface area contributed by atoms with E-state index in [4.69, 9.17) is 5.73 Å². The molecule has 23 heavy (non-hydrogen) atoms. The number of nitrogens with zero attached hydrogens (tertiary/aromatic N) is 3. The molecule has 3 rings (SSSR count). The molecule has 0 spiro atoms. The fourth-order valence-corrected chi connectivity index (χ4v) is 3.45. The zero-order valence-corrected chi connectivity index (χ0v) is 14.0. The largest absolute Gasteiger partial charge is 0.398 e. The minimum atomic E-state index is 0.0441. The van der Waals surface area contributed by atoms with Crippen LogP contribution in [0.15, 0.2) is 24.3 Å². The van der Waals surface area contributed by atoms with Crippen molar-refractivity contribution in [2.45, 2.75) is 46.1 Å². The average molecular weight is 312 g/mol. The summed E-state index contributed by atoms with van der Waals surface area (Å²) in [4.78, 5) is 14.7. The van der Waals surface area contributed by atoms with Crippen LogP contribution in [0.1, 0.15) is 42.8 Å². The molecule has 1 aromatic carbocycles. The van der Waals surface area contributed by atoms with Crippen LogP contribution >= 0.6 is 0 Å². The van der Waals surface area contributed by atoms with Crippen LogP contribution in [-0.2, 0) is 11.2 Å². The maximum atomic E-state index is 12.8. The molecular formula is C18H24N4O. The smallest absolute Gasteiger partial charge is 0.229 e. The number of amides is 1. The molecule has 5 heteroatoms. The molecule has 0 saturated carbocycles. The number of rotatable bonds is 3.